The van der Waals surface area contributed by atoms with Crippen LogP contribution in [0.3, 0.4) is 0 Å². The molecule has 0 unspecified atom stereocenters. The van der Waals surface area contributed by atoms with Gasteiger partial charge in [0.2, 0.25) is 0 Å². The number of benzene rings is 1. The highest BCUT2D eigenvalue weighted by molar-refractivity contribution is 5.94. The van der Waals surface area contributed by atoms with Gasteiger partial charge >= 0.3 is 0 Å². The number of fused-ring (bicyclic) bond motifs is 1. The van der Waals surface area contributed by atoms with Gasteiger partial charge in [-0.05, 0) is 36.2 Å². The molecule has 0 aliphatic carbocycles. The summed E-state index contributed by atoms with van der Waals surface area (Å²) in [6.45, 7) is 9.94. The monoisotopic (exact) mass is 444 g/mol. The van der Waals surface area contributed by atoms with Crippen molar-refractivity contribution in [2.24, 2.45) is 0 Å². The summed E-state index contributed by atoms with van der Waals surface area (Å²) in [6.07, 6.45) is 11.1. The summed E-state index contributed by atoms with van der Waals surface area (Å²) < 4.78 is 0. The second kappa shape index (κ2) is 9.03. The molecule has 3 N–H and O–H groups in total. The Balaban J connectivity index is 1.47. The van der Waals surface area contributed by atoms with Crippen LogP contribution in [0.5, 0.6) is 0 Å². The van der Waals surface area contributed by atoms with Gasteiger partial charge < -0.3 is 10.3 Å². The zero-order valence-corrected chi connectivity index (χ0v) is 18.8. The van der Waals surface area contributed by atoms with E-state index in [9.17, 15) is 0 Å². The van der Waals surface area contributed by atoms with Crippen molar-refractivity contribution in [2.45, 2.75) is 6.92 Å². The molecule has 6 nitrogen and oxygen atoms in total. The van der Waals surface area contributed by atoms with Gasteiger partial charge in [0.25, 0.3) is 0 Å². The minimum atomic E-state index is 0.809. The van der Waals surface area contributed by atoms with Crippen molar-refractivity contribution in [3.63, 3.8) is 0 Å². The minimum absolute atomic E-state index is 0.809. The average Bonchev–Trinajstić information content (AvgIpc) is 3.46. The first-order chi connectivity index (χ1) is 16.6. The normalized spacial score (nSPS) is 11.2. The fourth-order valence-corrected chi connectivity index (χ4v) is 3.86. The number of pyridine rings is 2. The Bertz CT molecular complexity index is 1520. The number of rotatable bonds is 7. The molecule has 0 amide bonds. The van der Waals surface area contributed by atoms with E-state index >= 15 is 0 Å². The second-order valence-electron chi connectivity index (χ2n) is 7.98. The van der Waals surface area contributed by atoms with Crippen LogP contribution in [0.2, 0.25) is 0 Å². The Morgan fingerprint density at radius 1 is 1.06 bits per heavy atom. The lowest BCUT2D eigenvalue weighted by atomic mass is 10.1. The molecule has 0 radical (unpaired) electrons. The topological polar surface area (TPSA) is 82.3 Å². The predicted molar refractivity (Wildman–Crippen MR) is 140 cm³/mol. The van der Waals surface area contributed by atoms with E-state index < -0.39 is 0 Å². The Hall–Kier alpha value is -4.71. The van der Waals surface area contributed by atoms with Crippen molar-refractivity contribution in [3.05, 3.63) is 109 Å². The van der Waals surface area contributed by atoms with Gasteiger partial charge in [-0.3, -0.25) is 15.1 Å². The molecule has 0 saturated heterocycles. The molecule has 5 rings (SSSR count). The number of hydrogen-bond donors (Lipinski definition) is 3. The summed E-state index contributed by atoms with van der Waals surface area (Å²) in [5.41, 5.74) is 9.22. The molecule has 4 aromatic heterocycles. The highest BCUT2D eigenvalue weighted by Crippen LogP contribution is 2.31. The molecule has 0 atom stereocenters. The number of nitrogens with one attached hydrogen (secondary N) is 3. The number of allylic oxidation sites excluding steroid dienone is 2. The number of anilines is 1. The third kappa shape index (κ3) is 4.17. The highest BCUT2D eigenvalue weighted by Gasteiger charge is 2.14. The molecule has 0 saturated carbocycles. The smallest absolute Gasteiger partial charge is 0.116 e. The molecule has 0 spiro atoms. The Morgan fingerprint density at radius 2 is 1.91 bits per heavy atom. The lowest BCUT2D eigenvalue weighted by molar-refractivity contribution is 1.11. The standard InChI is InChI=1S/C28H24N6/c1-4-5-9-21-13-26(32-19(21)3)28-24-14-25(30-17-27(24)33-34-28)22-12-23(16-29-15-22)31-18(2)20-10-7-6-8-11-20/h4-17,31-32H,1-2H2,3H3,(H,33,34)/b9-5-. The molecule has 0 bridgehead atoms. The summed E-state index contributed by atoms with van der Waals surface area (Å²) in [6, 6.07) is 16.1. The molecule has 0 aliphatic rings. The van der Waals surface area contributed by atoms with Gasteiger partial charge in [0, 0.05) is 28.5 Å². The van der Waals surface area contributed by atoms with Crippen molar-refractivity contribution in [3.8, 4) is 22.6 Å². The zero-order chi connectivity index (χ0) is 23.5. The number of aryl methyl sites for hydroxylation is 1. The van der Waals surface area contributed by atoms with E-state index in [1.165, 1.54) is 0 Å². The first-order valence-corrected chi connectivity index (χ1v) is 10.9. The molecule has 34 heavy (non-hydrogen) atoms. The van der Waals surface area contributed by atoms with Gasteiger partial charge in [-0.15, -0.1) is 0 Å². The molecule has 0 aliphatic heterocycles. The van der Waals surface area contributed by atoms with Crippen molar-refractivity contribution in [1.82, 2.24) is 25.1 Å². The van der Waals surface area contributed by atoms with E-state index in [-0.39, 0.29) is 0 Å². The van der Waals surface area contributed by atoms with Crippen molar-refractivity contribution < 1.29 is 0 Å². The fraction of sp³-hybridized carbons (Fsp3) is 0.0357. The van der Waals surface area contributed by atoms with Gasteiger partial charge in [-0.2, -0.15) is 5.10 Å². The molecular weight excluding hydrogens is 420 g/mol. The quantitative estimate of drug-likeness (QED) is 0.247. The highest BCUT2D eigenvalue weighted by atomic mass is 15.1. The van der Waals surface area contributed by atoms with Crippen molar-refractivity contribution in [2.75, 3.05) is 5.32 Å². The van der Waals surface area contributed by atoms with Crippen molar-refractivity contribution >= 4 is 28.4 Å². The maximum atomic E-state index is 4.63. The van der Waals surface area contributed by atoms with Crippen LogP contribution in [0, 0.1) is 6.92 Å². The SMILES string of the molecule is C=C/C=C\c1cc(-c2n[nH]c3cnc(-c4cncc(NC(=C)c5ccccc5)c4)cc23)[nH]c1C. The maximum Gasteiger partial charge on any atom is 0.116 e. The molecule has 6 heteroatoms. The number of nitrogens with zero attached hydrogens (tertiary/aromatic N) is 3. The predicted octanol–water partition coefficient (Wildman–Crippen LogP) is 6.61. The van der Waals surface area contributed by atoms with Crippen LogP contribution in [0.4, 0.5) is 5.69 Å². The van der Waals surface area contributed by atoms with Crippen molar-refractivity contribution in [1.29, 1.82) is 0 Å². The van der Waals surface area contributed by atoms with Gasteiger partial charge in [0.15, 0.2) is 0 Å². The van der Waals surface area contributed by atoms with Gasteiger partial charge in [-0.1, -0.05) is 61.7 Å². The minimum Gasteiger partial charge on any atom is -0.357 e. The summed E-state index contributed by atoms with van der Waals surface area (Å²) in [5.74, 6) is 0. The van der Waals surface area contributed by atoms with E-state index in [1.54, 1.807) is 24.7 Å². The number of hydrogen-bond acceptors (Lipinski definition) is 4. The number of aromatic amines is 2. The van der Waals surface area contributed by atoms with Crippen LogP contribution < -0.4 is 5.32 Å². The fourth-order valence-electron chi connectivity index (χ4n) is 3.86. The molecule has 0 fully saturated rings. The van der Waals surface area contributed by atoms with Crippen LogP contribution in [-0.4, -0.2) is 25.1 Å². The van der Waals surface area contributed by atoms with E-state index in [4.69, 9.17) is 0 Å². The lowest BCUT2D eigenvalue weighted by Crippen LogP contribution is -1.98. The van der Waals surface area contributed by atoms with Crippen LogP contribution >= 0.6 is 0 Å². The molecule has 5 aromatic rings. The Morgan fingerprint density at radius 3 is 2.74 bits per heavy atom. The third-order valence-electron chi connectivity index (χ3n) is 5.62. The maximum absolute atomic E-state index is 4.63. The van der Waals surface area contributed by atoms with Crippen LogP contribution in [0.15, 0.2) is 92.4 Å². The zero-order valence-electron chi connectivity index (χ0n) is 18.8. The number of H-pyrrole nitrogens is 2. The molecular formula is C28H24N6. The average molecular weight is 445 g/mol. The molecule has 1 aromatic carbocycles. The van der Waals surface area contributed by atoms with Gasteiger partial charge in [0.1, 0.15) is 5.69 Å². The van der Waals surface area contributed by atoms with Crippen LogP contribution in [-0.2, 0) is 0 Å². The van der Waals surface area contributed by atoms with E-state index in [1.807, 2.05) is 61.5 Å². The van der Waals surface area contributed by atoms with E-state index in [0.717, 1.165) is 61.8 Å². The van der Waals surface area contributed by atoms with Crippen LogP contribution in [0.25, 0.3) is 45.3 Å². The van der Waals surface area contributed by atoms with Crippen LogP contribution in [0.1, 0.15) is 16.8 Å². The van der Waals surface area contributed by atoms with Gasteiger partial charge in [-0.25, -0.2) is 0 Å². The summed E-state index contributed by atoms with van der Waals surface area (Å²) >= 11 is 0. The van der Waals surface area contributed by atoms with E-state index in [2.05, 4.69) is 49.7 Å². The lowest BCUT2D eigenvalue weighted by Gasteiger charge is -2.10. The summed E-state index contributed by atoms with van der Waals surface area (Å²) in [7, 11) is 0. The number of aromatic nitrogens is 5. The molecule has 4 heterocycles. The largest absolute Gasteiger partial charge is 0.357 e. The Kier molecular flexibility index (Phi) is 5.62. The third-order valence-corrected chi connectivity index (χ3v) is 5.62. The molecule has 166 valence electrons. The summed E-state index contributed by atoms with van der Waals surface area (Å²) in [5, 5.41) is 12.0. The van der Waals surface area contributed by atoms with Gasteiger partial charge in [0.05, 0.1) is 35.0 Å². The summed E-state index contributed by atoms with van der Waals surface area (Å²) in [4.78, 5) is 12.5. The van der Waals surface area contributed by atoms with E-state index in [0.29, 0.717) is 0 Å². The Labute approximate surface area is 197 Å². The first kappa shape index (κ1) is 21.2. The first-order valence-electron chi connectivity index (χ1n) is 10.9. The second-order valence-corrected chi connectivity index (χ2v) is 7.98.